The number of hydrogen-bond acceptors (Lipinski definition) is 3. The number of rotatable bonds is 2. The minimum Gasteiger partial charge on any atom is -0.366 e. The first kappa shape index (κ1) is 12.6. The molecule has 0 aromatic heterocycles. The maximum atomic E-state index is 8.69. The van der Waals surface area contributed by atoms with E-state index in [9.17, 15) is 0 Å². The molecular weight excluding hydrogens is 228 g/mol. The average molecular weight is 252 g/mol. The maximum absolute atomic E-state index is 8.69. The van der Waals surface area contributed by atoms with E-state index < -0.39 is 0 Å². The second-order valence-electron chi connectivity index (χ2n) is 7.05. The van der Waals surface area contributed by atoms with Gasteiger partial charge in [0.2, 0.25) is 0 Å². The van der Waals surface area contributed by atoms with Crippen LogP contribution in [0.3, 0.4) is 0 Å². The van der Waals surface area contributed by atoms with Gasteiger partial charge in [-0.2, -0.15) is 0 Å². The van der Waals surface area contributed by atoms with Crippen molar-refractivity contribution < 1.29 is 14.9 Å². The Morgan fingerprint density at radius 1 is 1.39 bits per heavy atom. The predicted octanol–water partition coefficient (Wildman–Crippen LogP) is 3.41. The normalized spacial score (nSPS) is 45.6. The lowest BCUT2D eigenvalue weighted by Gasteiger charge is -2.10. The lowest BCUT2D eigenvalue weighted by atomic mass is 9.93. The molecule has 3 rings (SSSR count). The second kappa shape index (κ2) is 4.06. The van der Waals surface area contributed by atoms with Gasteiger partial charge in [-0.1, -0.05) is 19.9 Å². The van der Waals surface area contributed by atoms with Gasteiger partial charge in [0.05, 0.1) is 11.7 Å². The highest BCUT2D eigenvalue weighted by molar-refractivity contribution is 5.21. The number of epoxide rings is 1. The van der Waals surface area contributed by atoms with Crippen molar-refractivity contribution in [3.8, 4) is 0 Å². The predicted molar refractivity (Wildman–Crippen MR) is 69.2 cm³/mol. The summed E-state index contributed by atoms with van der Waals surface area (Å²) in [6, 6.07) is 0. The van der Waals surface area contributed by atoms with Crippen LogP contribution in [-0.4, -0.2) is 23.6 Å². The topological polar surface area (TPSA) is 42.0 Å². The van der Waals surface area contributed by atoms with Crippen LogP contribution in [0.4, 0.5) is 0 Å². The Hall–Kier alpha value is -0.380. The third-order valence-corrected chi connectivity index (χ3v) is 5.52. The van der Waals surface area contributed by atoms with Gasteiger partial charge < -0.3 is 4.74 Å². The summed E-state index contributed by atoms with van der Waals surface area (Å²) in [6.07, 6.45) is 7.27. The Bertz CT molecular complexity index is 374. The molecule has 3 nitrogen and oxygen atoms in total. The van der Waals surface area contributed by atoms with Crippen LogP contribution in [0.15, 0.2) is 11.6 Å². The summed E-state index contributed by atoms with van der Waals surface area (Å²) in [4.78, 5) is 4.35. The molecule has 0 spiro atoms. The first-order valence-electron chi connectivity index (χ1n) is 7.11. The van der Waals surface area contributed by atoms with E-state index in [4.69, 9.17) is 9.99 Å². The minimum atomic E-state index is 0.131. The van der Waals surface area contributed by atoms with Crippen LogP contribution in [0, 0.1) is 17.3 Å². The molecule has 2 aliphatic carbocycles. The standard InChI is InChI=1S/C15H24O3/c1-14(2)11-6-7-15(3)13(18-15)5-4-10(9-17-16)8-12(11)14/h8,11-13,16H,4-7,9H2,1-3H3. The summed E-state index contributed by atoms with van der Waals surface area (Å²) >= 11 is 0. The van der Waals surface area contributed by atoms with Gasteiger partial charge in [0.1, 0.15) is 6.61 Å². The molecule has 0 aromatic rings. The number of hydrogen-bond donors (Lipinski definition) is 1. The molecule has 1 saturated heterocycles. The smallest absolute Gasteiger partial charge is 0.103 e. The van der Waals surface area contributed by atoms with Gasteiger partial charge in [-0.25, -0.2) is 4.89 Å². The molecule has 3 heteroatoms. The fourth-order valence-electron chi connectivity index (χ4n) is 3.84. The summed E-state index contributed by atoms with van der Waals surface area (Å²) in [6.45, 7) is 7.29. The van der Waals surface area contributed by atoms with Crippen LogP contribution >= 0.6 is 0 Å². The average Bonchev–Trinajstić information content (AvgIpc) is 3.10. The second-order valence-corrected chi connectivity index (χ2v) is 7.05. The van der Waals surface area contributed by atoms with Crippen LogP contribution in [0.2, 0.25) is 0 Å². The van der Waals surface area contributed by atoms with Crippen LogP contribution in [0.1, 0.15) is 46.5 Å². The van der Waals surface area contributed by atoms with E-state index in [-0.39, 0.29) is 5.60 Å². The van der Waals surface area contributed by atoms with Gasteiger partial charge in [0.25, 0.3) is 0 Å². The molecule has 0 radical (unpaired) electrons. The summed E-state index contributed by atoms with van der Waals surface area (Å²) < 4.78 is 5.87. The lowest BCUT2D eigenvalue weighted by molar-refractivity contribution is -0.234. The molecule has 1 heterocycles. The Labute approximate surface area is 109 Å². The van der Waals surface area contributed by atoms with E-state index >= 15 is 0 Å². The summed E-state index contributed by atoms with van der Waals surface area (Å²) in [7, 11) is 0. The van der Waals surface area contributed by atoms with Crippen molar-refractivity contribution in [1.29, 1.82) is 0 Å². The molecule has 0 bridgehead atoms. The van der Waals surface area contributed by atoms with Crippen molar-refractivity contribution in [3.63, 3.8) is 0 Å². The Morgan fingerprint density at radius 3 is 2.89 bits per heavy atom. The largest absolute Gasteiger partial charge is 0.366 e. The number of fused-ring (bicyclic) bond motifs is 2. The Kier molecular flexibility index (Phi) is 2.85. The molecule has 2 fully saturated rings. The van der Waals surface area contributed by atoms with Crippen molar-refractivity contribution in [2.24, 2.45) is 17.3 Å². The molecule has 102 valence electrons. The van der Waals surface area contributed by atoms with Gasteiger partial charge in [0, 0.05) is 0 Å². The van der Waals surface area contributed by atoms with Crippen LogP contribution in [0.25, 0.3) is 0 Å². The van der Waals surface area contributed by atoms with Gasteiger partial charge in [-0.3, -0.25) is 5.26 Å². The highest BCUT2D eigenvalue weighted by Crippen LogP contribution is 2.63. The molecule has 3 aliphatic rings. The van der Waals surface area contributed by atoms with Crippen molar-refractivity contribution in [2.45, 2.75) is 58.2 Å². The van der Waals surface area contributed by atoms with Crippen molar-refractivity contribution >= 4 is 0 Å². The Balaban J connectivity index is 1.77. The van der Waals surface area contributed by atoms with Crippen LogP contribution in [-0.2, 0) is 9.62 Å². The van der Waals surface area contributed by atoms with Gasteiger partial charge in [-0.15, -0.1) is 0 Å². The van der Waals surface area contributed by atoms with Gasteiger partial charge in [-0.05, 0) is 55.4 Å². The third kappa shape index (κ3) is 2.02. The molecule has 0 aromatic carbocycles. The van der Waals surface area contributed by atoms with Gasteiger partial charge >= 0.3 is 0 Å². The zero-order valence-corrected chi connectivity index (χ0v) is 11.6. The molecule has 4 unspecified atom stereocenters. The highest BCUT2D eigenvalue weighted by Gasteiger charge is 2.59. The fourth-order valence-corrected chi connectivity index (χ4v) is 3.84. The van der Waals surface area contributed by atoms with E-state index in [2.05, 4.69) is 31.7 Å². The molecule has 1 N–H and O–H groups in total. The zero-order valence-electron chi connectivity index (χ0n) is 11.6. The van der Waals surface area contributed by atoms with Crippen molar-refractivity contribution in [2.75, 3.05) is 6.61 Å². The quantitative estimate of drug-likeness (QED) is 0.354. The minimum absolute atomic E-state index is 0.131. The molecule has 1 saturated carbocycles. The highest BCUT2D eigenvalue weighted by atomic mass is 17.1. The molecule has 4 atom stereocenters. The van der Waals surface area contributed by atoms with E-state index in [1.165, 1.54) is 18.4 Å². The molecule has 1 aliphatic heterocycles. The van der Waals surface area contributed by atoms with E-state index in [0.29, 0.717) is 24.0 Å². The van der Waals surface area contributed by atoms with E-state index in [1.807, 2.05) is 0 Å². The van der Waals surface area contributed by atoms with Crippen LogP contribution < -0.4 is 0 Å². The summed E-state index contributed by atoms with van der Waals surface area (Å²) in [5.41, 5.74) is 1.77. The number of ether oxygens (including phenoxy) is 1. The fraction of sp³-hybridized carbons (Fsp3) is 0.867. The zero-order chi connectivity index (χ0) is 13.0. The van der Waals surface area contributed by atoms with E-state index in [1.54, 1.807) is 0 Å². The van der Waals surface area contributed by atoms with Gasteiger partial charge in [0.15, 0.2) is 0 Å². The molecular formula is C15H24O3. The monoisotopic (exact) mass is 252 g/mol. The first-order chi connectivity index (χ1) is 8.47. The maximum Gasteiger partial charge on any atom is 0.103 e. The first-order valence-corrected chi connectivity index (χ1v) is 7.11. The molecule has 0 amide bonds. The molecule has 18 heavy (non-hydrogen) atoms. The van der Waals surface area contributed by atoms with Crippen LogP contribution in [0.5, 0.6) is 0 Å². The summed E-state index contributed by atoms with van der Waals surface area (Å²) in [5, 5.41) is 8.69. The SMILES string of the molecule is CC12CCC3C(C=C(COO)CCC1O2)C3(C)C. The Morgan fingerprint density at radius 2 is 2.17 bits per heavy atom. The third-order valence-electron chi connectivity index (χ3n) is 5.52. The number of allylic oxidation sites excluding steroid dienone is 1. The summed E-state index contributed by atoms with van der Waals surface area (Å²) in [5.74, 6) is 1.42. The van der Waals surface area contributed by atoms with Crippen molar-refractivity contribution in [1.82, 2.24) is 0 Å². The lowest BCUT2D eigenvalue weighted by Crippen LogP contribution is -2.12. The van der Waals surface area contributed by atoms with Crippen molar-refractivity contribution in [3.05, 3.63) is 11.6 Å². The van der Waals surface area contributed by atoms with E-state index in [0.717, 1.165) is 18.8 Å².